The van der Waals surface area contributed by atoms with Crippen LogP contribution in [0.15, 0.2) is 48.0 Å². The van der Waals surface area contributed by atoms with E-state index in [4.69, 9.17) is 4.74 Å². The number of anilines is 2. The van der Waals surface area contributed by atoms with E-state index >= 15 is 0 Å². The van der Waals surface area contributed by atoms with Crippen molar-refractivity contribution in [1.82, 2.24) is 19.9 Å². The number of hydrogen-bond donors (Lipinski definition) is 2. The second-order valence-electron chi connectivity index (χ2n) is 8.08. The van der Waals surface area contributed by atoms with Crippen molar-refractivity contribution in [2.75, 3.05) is 25.0 Å². The van der Waals surface area contributed by atoms with Crippen LogP contribution in [-0.4, -0.2) is 45.5 Å². The summed E-state index contributed by atoms with van der Waals surface area (Å²) in [4.78, 5) is 27.4. The number of rotatable bonds is 5. The lowest BCUT2D eigenvalue weighted by atomic mass is 10.1. The van der Waals surface area contributed by atoms with Gasteiger partial charge in [0.1, 0.15) is 6.10 Å². The van der Waals surface area contributed by atoms with Gasteiger partial charge in [0.15, 0.2) is 5.13 Å². The number of H-pyrrole nitrogens is 1. The Kier molecular flexibility index (Phi) is 5.63. The fourth-order valence-electron chi connectivity index (χ4n) is 4.07. The van der Waals surface area contributed by atoms with Crippen LogP contribution in [0.3, 0.4) is 0 Å². The maximum atomic E-state index is 13.1. The zero-order valence-corrected chi connectivity index (χ0v) is 18.9. The Balaban J connectivity index is 1.30. The molecule has 1 amide bonds. The summed E-state index contributed by atoms with van der Waals surface area (Å²) in [6.45, 7) is 5.52. The molecule has 2 N–H and O–H groups in total. The number of carbonyl (C=O) groups is 1. The average Bonchev–Trinajstić information content (AvgIpc) is 3.39. The minimum Gasteiger partial charge on any atom is -0.368 e. The van der Waals surface area contributed by atoms with Gasteiger partial charge in [-0.05, 0) is 37.6 Å². The van der Waals surface area contributed by atoms with Gasteiger partial charge in [0.05, 0.1) is 31.0 Å². The number of pyridine rings is 1. The van der Waals surface area contributed by atoms with Crippen molar-refractivity contribution >= 4 is 39.0 Å². The van der Waals surface area contributed by atoms with Gasteiger partial charge in [-0.25, -0.2) is 4.98 Å². The molecule has 1 saturated heterocycles. The number of nitrogens with zero attached hydrogens (tertiary/aromatic N) is 3. The number of fused-ring (bicyclic) bond motifs is 1. The van der Waals surface area contributed by atoms with Gasteiger partial charge in [0.25, 0.3) is 0 Å². The number of aromatic amines is 1. The third kappa shape index (κ3) is 4.37. The Morgan fingerprint density at radius 2 is 2.12 bits per heavy atom. The van der Waals surface area contributed by atoms with Gasteiger partial charge in [0, 0.05) is 40.4 Å². The molecule has 0 bridgehead atoms. The number of ether oxygens (including phenoxy) is 1. The fourth-order valence-corrected chi connectivity index (χ4v) is 4.78. The molecular formula is C24H25N5O2S. The lowest BCUT2D eigenvalue weighted by Gasteiger charge is -2.33. The number of aryl methyl sites for hydroxylation is 2. The minimum absolute atomic E-state index is 0.104. The molecule has 8 heteroatoms. The summed E-state index contributed by atoms with van der Waals surface area (Å²) in [5.74, 6) is 0.104. The normalized spacial score (nSPS) is 16.4. The van der Waals surface area contributed by atoms with E-state index in [9.17, 15) is 4.79 Å². The van der Waals surface area contributed by atoms with Gasteiger partial charge in [-0.3, -0.25) is 9.78 Å². The van der Waals surface area contributed by atoms with Crippen molar-refractivity contribution in [3.8, 4) is 0 Å². The number of amides is 1. The van der Waals surface area contributed by atoms with E-state index in [0.29, 0.717) is 26.1 Å². The number of hydrogen-bond acceptors (Lipinski definition) is 6. The molecule has 0 saturated carbocycles. The summed E-state index contributed by atoms with van der Waals surface area (Å²) < 4.78 is 6.01. The highest BCUT2D eigenvalue weighted by atomic mass is 32.1. The largest absolute Gasteiger partial charge is 0.368 e. The van der Waals surface area contributed by atoms with Crippen LogP contribution in [0.2, 0.25) is 0 Å². The Hall–Kier alpha value is -3.23. The van der Waals surface area contributed by atoms with Gasteiger partial charge in [-0.2, -0.15) is 0 Å². The first-order chi connectivity index (χ1) is 15.5. The zero-order valence-electron chi connectivity index (χ0n) is 18.1. The predicted octanol–water partition coefficient (Wildman–Crippen LogP) is 4.52. The summed E-state index contributed by atoms with van der Waals surface area (Å²) >= 11 is 1.57. The quantitative estimate of drug-likeness (QED) is 0.470. The van der Waals surface area contributed by atoms with E-state index in [1.54, 1.807) is 11.3 Å². The number of nitrogens with one attached hydrogen (secondary N) is 2. The number of morpholine rings is 1. The van der Waals surface area contributed by atoms with Crippen LogP contribution in [0, 0.1) is 13.8 Å². The first kappa shape index (κ1) is 20.7. The standard InChI is InChI=1S/C24H25N5O2S/c1-15-9-18(28-24-27-16(2)14-32-24)11-21(26-15)22-13-29(7-8-31-22)23(30)10-17-12-25-20-6-4-3-5-19(17)20/h3-6,9,11-12,14,22,25H,7-8,10,13H2,1-2H3,(H,26,27,28). The monoisotopic (exact) mass is 447 g/mol. The van der Waals surface area contributed by atoms with Crippen LogP contribution >= 0.6 is 11.3 Å². The zero-order chi connectivity index (χ0) is 22.1. The molecule has 0 spiro atoms. The van der Waals surface area contributed by atoms with Crippen LogP contribution in [0.25, 0.3) is 10.9 Å². The Bertz CT molecular complexity index is 1260. The molecule has 4 heterocycles. The second-order valence-corrected chi connectivity index (χ2v) is 8.93. The summed E-state index contributed by atoms with van der Waals surface area (Å²) in [7, 11) is 0. The van der Waals surface area contributed by atoms with Crippen molar-refractivity contribution in [2.24, 2.45) is 0 Å². The predicted molar refractivity (Wildman–Crippen MR) is 126 cm³/mol. The van der Waals surface area contributed by atoms with E-state index in [2.05, 4.69) is 20.3 Å². The highest BCUT2D eigenvalue weighted by Gasteiger charge is 2.27. The molecule has 5 rings (SSSR count). The molecule has 3 aromatic heterocycles. The lowest BCUT2D eigenvalue weighted by molar-refractivity contribution is -0.138. The van der Waals surface area contributed by atoms with Crippen molar-refractivity contribution in [3.05, 3.63) is 70.6 Å². The third-order valence-corrected chi connectivity index (χ3v) is 6.48. The minimum atomic E-state index is -0.255. The first-order valence-corrected chi connectivity index (χ1v) is 11.6. The van der Waals surface area contributed by atoms with Gasteiger partial charge in [-0.1, -0.05) is 18.2 Å². The molecule has 4 aromatic rings. The summed E-state index contributed by atoms with van der Waals surface area (Å²) in [5.41, 5.74) is 5.70. The topological polar surface area (TPSA) is 83.1 Å². The molecule has 1 unspecified atom stereocenters. The Labute approximate surface area is 190 Å². The van der Waals surface area contributed by atoms with Crippen molar-refractivity contribution in [1.29, 1.82) is 0 Å². The van der Waals surface area contributed by atoms with Gasteiger partial charge >= 0.3 is 0 Å². The second kappa shape index (κ2) is 8.72. The molecule has 0 radical (unpaired) electrons. The highest BCUT2D eigenvalue weighted by Crippen LogP contribution is 2.27. The molecule has 1 fully saturated rings. The molecule has 1 aromatic carbocycles. The average molecular weight is 448 g/mol. The van der Waals surface area contributed by atoms with Crippen LogP contribution in [0.4, 0.5) is 10.8 Å². The Morgan fingerprint density at radius 1 is 1.25 bits per heavy atom. The number of carbonyl (C=O) groups excluding carboxylic acids is 1. The van der Waals surface area contributed by atoms with Crippen molar-refractivity contribution in [3.63, 3.8) is 0 Å². The van der Waals surface area contributed by atoms with Crippen LogP contribution in [-0.2, 0) is 16.0 Å². The van der Waals surface area contributed by atoms with Crippen LogP contribution in [0.5, 0.6) is 0 Å². The number of aromatic nitrogens is 3. The van der Waals surface area contributed by atoms with Crippen LogP contribution < -0.4 is 5.32 Å². The first-order valence-electron chi connectivity index (χ1n) is 10.7. The molecule has 164 valence electrons. The molecule has 32 heavy (non-hydrogen) atoms. The lowest BCUT2D eigenvalue weighted by Crippen LogP contribution is -2.43. The summed E-state index contributed by atoms with van der Waals surface area (Å²) in [6.07, 6.45) is 2.05. The van der Waals surface area contributed by atoms with Crippen molar-refractivity contribution in [2.45, 2.75) is 26.4 Å². The number of thiazole rings is 1. The van der Waals surface area contributed by atoms with Gasteiger partial charge in [-0.15, -0.1) is 11.3 Å². The van der Waals surface area contributed by atoms with E-state index in [-0.39, 0.29) is 12.0 Å². The van der Waals surface area contributed by atoms with Gasteiger partial charge in [0.2, 0.25) is 5.91 Å². The third-order valence-electron chi connectivity index (χ3n) is 5.61. The molecular weight excluding hydrogens is 422 g/mol. The number of para-hydroxylation sites is 1. The molecule has 7 nitrogen and oxygen atoms in total. The maximum Gasteiger partial charge on any atom is 0.227 e. The van der Waals surface area contributed by atoms with E-state index < -0.39 is 0 Å². The molecule has 1 aliphatic rings. The van der Waals surface area contributed by atoms with Crippen LogP contribution in [0.1, 0.15) is 28.7 Å². The highest BCUT2D eigenvalue weighted by molar-refractivity contribution is 7.13. The summed E-state index contributed by atoms with van der Waals surface area (Å²) in [6, 6.07) is 12.0. The smallest absolute Gasteiger partial charge is 0.227 e. The molecule has 1 aliphatic heterocycles. The van der Waals surface area contributed by atoms with E-state index in [1.807, 2.05) is 66.7 Å². The van der Waals surface area contributed by atoms with E-state index in [1.165, 1.54) is 0 Å². The van der Waals surface area contributed by atoms with Crippen molar-refractivity contribution < 1.29 is 9.53 Å². The number of benzene rings is 1. The Morgan fingerprint density at radius 3 is 2.97 bits per heavy atom. The summed E-state index contributed by atoms with van der Waals surface area (Å²) in [5, 5.41) is 7.31. The molecule has 1 atom stereocenters. The van der Waals surface area contributed by atoms with Gasteiger partial charge < -0.3 is 19.9 Å². The molecule has 0 aliphatic carbocycles. The van der Waals surface area contributed by atoms with E-state index in [0.717, 1.165) is 44.4 Å². The SMILES string of the molecule is Cc1cc(Nc2nc(C)cs2)cc(C2CN(C(=O)Cc3c[nH]c4ccccc34)CCO2)n1. The maximum absolute atomic E-state index is 13.1. The fraction of sp³-hybridized carbons (Fsp3) is 0.292.